The third-order valence-corrected chi connectivity index (χ3v) is 3.12. The highest BCUT2D eigenvalue weighted by atomic mass is 16.5. The Morgan fingerprint density at radius 3 is 2.65 bits per heavy atom. The van der Waals surface area contributed by atoms with E-state index in [1.165, 1.54) is 5.56 Å². The molecule has 0 fully saturated rings. The molecule has 0 spiro atoms. The highest BCUT2D eigenvalue weighted by Gasteiger charge is 2.07. The van der Waals surface area contributed by atoms with Gasteiger partial charge in [0, 0.05) is 0 Å². The quantitative estimate of drug-likeness (QED) is 0.832. The number of rotatable bonds is 4. The minimum Gasteiger partial charge on any atom is -0.495 e. The lowest BCUT2D eigenvalue weighted by Crippen LogP contribution is -1.99. The fraction of sp³-hybridized carbons (Fsp3) is 0.188. The first-order chi connectivity index (χ1) is 9.67. The molecule has 0 amide bonds. The summed E-state index contributed by atoms with van der Waals surface area (Å²) in [6.45, 7) is 2.09. The summed E-state index contributed by atoms with van der Waals surface area (Å²) < 4.78 is 5.35. The lowest BCUT2D eigenvalue weighted by atomic mass is 10.1. The molecule has 20 heavy (non-hydrogen) atoms. The maximum absolute atomic E-state index is 8.96. The summed E-state index contributed by atoms with van der Waals surface area (Å²) in [5, 5.41) is 12.2. The van der Waals surface area contributed by atoms with E-state index in [9.17, 15) is 0 Å². The molecule has 0 radical (unpaired) electrons. The third-order valence-electron chi connectivity index (χ3n) is 3.12. The van der Waals surface area contributed by atoms with E-state index in [-0.39, 0.29) is 0 Å². The number of nitriles is 1. The van der Waals surface area contributed by atoms with Crippen molar-refractivity contribution < 1.29 is 4.74 Å². The zero-order valence-electron chi connectivity index (χ0n) is 11.6. The van der Waals surface area contributed by atoms with Crippen LogP contribution in [-0.4, -0.2) is 7.11 Å². The number of nitrogen functional groups attached to an aromatic ring is 1. The van der Waals surface area contributed by atoms with Crippen LogP contribution in [0.4, 0.5) is 17.1 Å². The molecule has 4 heteroatoms. The number of nitrogens with one attached hydrogen (secondary N) is 1. The Kier molecular flexibility index (Phi) is 4.11. The smallest absolute Gasteiger partial charge is 0.142 e. The van der Waals surface area contributed by atoms with Gasteiger partial charge in [-0.1, -0.05) is 13.0 Å². The van der Waals surface area contributed by atoms with Gasteiger partial charge < -0.3 is 15.8 Å². The average molecular weight is 267 g/mol. The Balaban J connectivity index is 2.41. The number of nitrogens with two attached hydrogens (primary N) is 1. The Morgan fingerprint density at radius 1 is 1.20 bits per heavy atom. The molecule has 2 aromatic rings. The summed E-state index contributed by atoms with van der Waals surface area (Å²) in [5.74, 6) is 0.740. The highest BCUT2D eigenvalue weighted by molar-refractivity contribution is 5.76. The van der Waals surface area contributed by atoms with Gasteiger partial charge >= 0.3 is 0 Å². The zero-order valence-corrected chi connectivity index (χ0v) is 11.6. The number of hydrogen-bond donors (Lipinski definition) is 2. The SMILES string of the molecule is CCc1ccc(OC)c(Nc2cc(C#N)ccc2N)c1. The van der Waals surface area contributed by atoms with Crippen molar-refractivity contribution in [3.05, 3.63) is 47.5 Å². The number of methoxy groups -OCH3 is 1. The largest absolute Gasteiger partial charge is 0.495 e. The number of ether oxygens (including phenoxy) is 1. The van der Waals surface area contributed by atoms with Crippen LogP contribution in [0.25, 0.3) is 0 Å². The molecule has 0 saturated carbocycles. The molecule has 0 bridgehead atoms. The number of benzene rings is 2. The monoisotopic (exact) mass is 267 g/mol. The van der Waals surface area contributed by atoms with E-state index in [1.807, 2.05) is 18.2 Å². The minimum absolute atomic E-state index is 0.562. The van der Waals surface area contributed by atoms with Crippen LogP contribution in [0.5, 0.6) is 5.75 Å². The first kappa shape index (κ1) is 13.8. The summed E-state index contributed by atoms with van der Waals surface area (Å²) >= 11 is 0. The summed E-state index contributed by atoms with van der Waals surface area (Å²) in [4.78, 5) is 0. The van der Waals surface area contributed by atoms with Crippen LogP contribution in [0.15, 0.2) is 36.4 Å². The number of anilines is 3. The van der Waals surface area contributed by atoms with Crippen molar-refractivity contribution in [3.8, 4) is 11.8 Å². The first-order valence-corrected chi connectivity index (χ1v) is 6.41. The van der Waals surface area contributed by atoms with Gasteiger partial charge in [-0.3, -0.25) is 0 Å². The predicted molar refractivity (Wildman–Crippen MR) is 81.2 cm³/mol. The predicted octanol–water partition coefficient (Wildman–Crippen LogP) is 3.46. The Morgan fingerprint density at radius 2 is 2.00 bits per heavy atom. The molecular formula is C16H17N3O. The van der Waals surface area contributed by atoms with E-state index in [0.29, 0.717) is 16.9 Å². The van der Waals surface area contributed by atoms with E-state index in [0.717, 1.165) is 17.9 Å². The summed E-state index contributed by atoms with van der Waals surface area (Å²) in [5.41, 5.74) is 9.84. The molecule has 4 nitrogen and oxygen atoms in total. The molecule has 102 valence electrons. The lowest BCUT2D eigenvalue weighted by molar-refractivity contribution is 0.416. The second-order valence-corrected chi connectivity index (χ2v) is 4.43. The van der Waals surface area contributed by atoms with Crippen molar-refractivity contribution in [2.24, 2.45) is 0 Å². The van der Waals surface area contributed by atoms with Gasteiger partial charge in [0.25, 0.3) is 0 Å². The minimum atomic E-state index is 0.562. The molecule has 0 aliphatic rings. The molecule has 0 heterocycles. The van der Waals surface area contributed by atoms with Crippen LogP contribution in [0.3, 0.4) is 0 Å². The second-order valence-electron chi connectivity index (χ2n) is 4.43. The molecule has 2 aromatic carbocycles. The van der Waals surface area contributed by atoms with Gasteiger partial charge in [0.15, 0.2) is 0 Å². The molecule has 0 saturated heterocycles. The molecule has 2 rings (SSSR count). The normalized spacial score (nSPS) is 9.85. The molecule has 3 N–H and O–H groups in total. The van der Waals surface area contributed by atoms with Crippen LogP contribution in [-0.2, 0) is 6.42 Å². The van der Waals surface area contributed by atoms with Gasteiger partial charge in [0.1, 0.15) is 5.75 Å². The van der Waals surface area contributed by atoms with Gasteiger partial charge in [-0.25, -0.2) is 0 Å². The standard InChI is InChI=1S/C16H17N3O/c1-3-11-5-7-16(20-2)15(8-11)19-14-9-12(10-17)4-6-13(14)18/h4-9,19H,3,18H2,1-2H3. The van der Waals surface area contributed by atoms with Gasteiger partial charge in [0.2, 0.25) is 0 Å². The van der Waals surface area contributed by atoms with E-state index in [4.69, 9.17) is 15.7 Å². The average Bonchev–Trinajstić information content (AvgIpc) is 2.49. The fourth-order valence-electron chi connectivity index (χ4n) is 1.95. The van der Waals surface area contributed by atoms with Gasteiger partial charge in [-0.05, 0) is 42.3 Å². The zero-order chi connectivity index (χ0) is 14.5. The Labute approximate surface area is 118 Å². The van der Waals surface area contributed by atoms with Crippen molar-refractivity contribution >= 4 is 17.1 Å². The van der Waals surface area contributed by atoms with Gasteiger partial charge in [-0.15, -0.1) is 0 Å². The van der Waals surface area contributed by atoms with Crippen molar-refractivity contribution in [1.82, 2.24) is 0 Å². The highest BCUT2D eigenvalue weighted by Crippen LogP contribution is 2.31. The molecule has 0 atom stereocenters. The first-order valence-electron chi connectivity index (χ1n) is 6.41. The van der Waals surface area contributed by atoms with E-state index >= 15 is 0 Å². The van der Waals surface area contributed by atoms with E-state index < -0.39 is 0 Å². The van der Waals surface area contributed by atoms with Gasteiger partial charge in [0.05, 0.1) is 35.8 Å². The van der Waals surface area contributed by atoms with Crippen molar-refractivity contribution in [2.75, 3.05) is 18.2 Å². The topological polar surface area (TPSA) is 71.1 Å². The third kappa shape index (κ3) is 2.83. The number of hydrogen-bond acceptors (Lipinski definition) is 4. The summed E-state index contributed by atoms with van der Waals surface area (Å²) in [6.07, 6.45) is 0.937. The van der Waals surface area contributed by atoms with E-state index in [2.05, 4.69) is 18.3 Å². The molecule has 0 unspecified atom stereocenters. The number of nitrogens with zero attached hydrogens (tertiary/aromatic N) is 1. The Bertz CT molecular complexity index is 659. The second kappa shape index (κ2) is 5.98. The summed E-state index contributed by atoms with van der Waals surface area (Å²) in [6, 6.07) is 13.2. The number of aryl methyl sites for hydroxylation is 1. The molecular weight excluding hydrogens is 250 g/mol. The van der Waals surface area contributed by atoms with Crippen molar-refractivity contribution in [1.29, 1.82) is 5.26 Å². The molecule has 0 aliphatic heterocycles. The fourth-order valence-corrected chi connectivity index (χ4v) is 1.95. The maximum Gasteiger partial charge on any atom is 0.142 e. The van der Waals surface area contributed by atoms with Crippen LogP contribution in [0.2, 0.25) is 0 Å². The van der Waals surface area contributed by atoms with Crippen LogP contribution in [0, 0.1) is 11.3 Å². The maximum atomic E-state index is 8.96. The Hall–Kier alpha value is -2.67. The van der Waals surface area contributed by atoms with Crippen LogP contribution < -0.4 is 15.8 Å². The van der Waals surface area contributed by atoms with Gasteiger partial charge in [-0.2, -0.15) is 5.26 Å². The molecule has 0 aromatic heterocycles. The van der Waals surface area contributed by atoms with Crippen LogP contribution in [0.1, 0.15) is 18.1 Å². The molecule has 0 aliphatic carbocycles. The van der Waals surface area contributed by atoms with Crippen molar-refractivity contribution in [2.45, 2.75) is 13.3 Å². The van der Waals surface area contributed by atoms with Crippen molar-refractivity contribution in [3.63, 3.8) is 0 Å². The lowest BCUT2D eigenvalue weighted by Gasteiger charge is -2.14. The van der Waals surface area contributed by atoms with Crippen LogP contribution >= 0.6 is 0 Å². The summed E-state index contributed by atoms with van der Waals surface area (Å²) in [7, 11) is 1.63. The van der Waals surface area contributed by atoms with E-state index in [1.54, 1.807) is 25.3 Å².